The topological polar surface area (TPSA) is 95.9 Å². The van der Waals surface area contributed by atoms with Gasteiger partial charge in [0.2, 0.25) is 5.91 Å². The molecule has 0 aliphatic carbocycles. The highest BCUT2D eigenvalue weighted by Crippen LogP contribution is 2.19. The SMILES string of the molecule is CCCCCCCCCCCCCCCCCCCCCCCC(O)C(CO)NC(=O)CCCCCCCCCCCCCCCCCCCOC(=O)CCCCCCCCCCCCCCCCC. The van der Waals surface area contributed by atoms with E-state index in [1.165, 1.54) is 302 Å². The second kappa shape index (κ2) is 60.4. The Hall–Kier alpha value is -1.14. The highest BCUT2D eigenvalue weighted by molar-refractivity contribution is 5.76. The van der Waals surface area contributed by atoms with E-state index in [1.807, 2.05) is 0 Å². The molecule has 0 aliphatic rings. The summed E-state index contributed by atoms with van der Waals surface area (Å²) in [5.74, 6) is -0.0255. The molecule has 2 unspecified atom stereocenters. The lowest BCUT2D eigenvalue weighted by molar-refractivity contribution is -0.143. The molecule has 0 fully saturated rings. The van der Waals surface area contributed by atoms with Crippen LogP contribution >= 0.6 is 0 Å². The summed E-state index contributed by atoms with van der Waals surface area (Å²) in [6.07, 6.45) is 71.1. The van der Waals surface area contributed by atoms with Gasteiger partial charge < -0.3 is 20.3 Å². The number of aliphatic hydroxyl groups excluding tert-OH is 2. The number of amides is 1. The third kappa shape index (κ3) is 56.2. The minimum atomic E-state index is -0.668. The van der Waals surface area contributed by atoms with Gasteiger partial charge in [-0.15, -0.1) is 0 Å². The van der Waals surface area contributed by atoms with Gasteiger partial charge in [0.05, 0.1) is 25.4 Å². The molecule has 0 radical (unpaired) electrons. The summed E-state index contributed by atoms with van der Waals surface area (Å²) in [5.41, 5.74) is 0. The molecule has 0 heterocycles. The lowest BCUT2D eigenvalue weighted by atomic mass is 10.0. The Bertz CT molecular complexity index is 1010. The zero-order chi connectivity index (χ0) is 50.7. The molecule has 418 valence electrons. The fraction of sp³-hybridized carbons (Fsp3) is 0.969. The molecular weight excluding hydrogens is 863 g/mol. The Balaban J connectivity index is 3.39. The molecule has 0 spiro atoms. The van der Waals surface area contributed by atoms with E-state index in [1.54, 1.807) is 0 Å². The summed E-state index contributed by atoms with van der Waals surface area (Å²) in [7, 11) is 0. The van der Waals surface area contributed by atoms with E-state index in [9.17, 15) is 19.8 Å². The number of hydrogen-bond acceptors (Lipinski definition) is 5. The predicted octanol–water partition coefficient (Wildman–Crippen LogP) is 20.3. The Morgan fingerprint density at radius 3 is 0.871 bits per heavy atom. The maximum absolute atomic E-state index is 12.5. The monoisotopic (exact) mass is 990 g/mol. The van der Waals surface area contributed by atoms with Crippen LogP contribution in [0, 0.1) is 0 Å². The largest absolute Gasteiger partial charge is 0.466 e. The first-order valence-electron chi connectivity index (χ1n) is 32.3. The van der Waals surface area contributed by atoms with E-state index in [-0.39, 0.29) is 18.5 Å². The molecule has 0 saturated carbocycles. The normalized spacial score (nSPS) is 12.5. The standard InChI is InChI=1S/C64H127NO5/c1-3-5-7-9-11-13-15-17-19-20-21-22-23-25-29-32-36-40-44-48-52-56-62(67)61(60-66)65-63(68)57-53-49-45-41-37-33-30-26-24-27-31-35-39-43-47-51-55-59-70-64(69)58-54-50-46-42-38-34-28-18-16-14-12-10-8-6-4-2/h61-62,66-67H,3-60H2,1-2H3,(H,65,68). The van der Waals surface area contributed by atoms with Crippen molar-refractivity contribution in [1.29, 1.82) is 0 Å². The van der Waals surface area contributed by atoms with Crippen molar-refractivity contribution in [2.75, 3.05) is 13.2 Å². The molecule has 1 amide bonds. The van der Waals surface area contributed by atoms with Gasteiger partial charge in [-0.1, -0.05) is 335 Å². The van der Waals surface area contributed by atoms with Gasteiger partial charge in [-0.3, -0.25) is 9.59 Å². The molecule has 0 aromatic heterocycles. The number of aliphatic hydroxyl groups is 2. The second-order valence-electron chi connectivity index (χ2n) is 22.5. The number of esters is 1. The number of ether oxygens (including phenoxy) is 1. The number of carbonyl (C=O) groups excluding carboxylic acids is 2. The van der Waals surface area contributed by atoms with Crippen LogP contribution < -0.4 is 5.32 Å². The van der Waals surface area contributed by atoms with Crippen molar-refractivity contribution < 1.29 is 24.5 Å². The van der Waals surface area contributed by atoms with Crippen LogP contribution in [-0.2, 0) is 14.3 Å². The zero-order valence-electron chi connectivity index (χ0n) is 47.8. The van der Waals surface area contributed by atoms with Crippen molar-refractivity contribution in [3.8, 4) is 0 Å². The van der Waals surface area contributed by atoms with Gasteiger partial charge in [0.1, 0.15) is 0 Å². The average Bonchev–Trinajstić information content (AvgIpc) is 3.36. The molecular formula is C64H127NO5. The Labute approximate surface area is 438 Å². The third-order valence-electron chi connectivity index (χ3n) is 15.4. The smallest absolute Gasteiger partial charge is 0.305 e. The van der Waals surface area contributed by atoms with Gasteiger partial charge in [-0.2, -0.15) is 0 Å². The first kappa shape index (κ1) is 68.9. The molecule has 6 nitrogen and oxygen atoms in total. The third-order valence-corrected chi connectivity index (χ3v) is 15.4. The number of carbonyl (C=O) groups is 2. The Morgan fingerprint density at radius 2 is 0.586 bits per heavy atom. The van der Waals surface area contributed by atoms with Crippen molar-refractivity contribution in [2.45, 2.75) is 386 Å². The Morgan fingerprint density at radius 1 is 0.343 bits per heavy atom. The number of nitrogens with one attached hydrogen (secondary N) is 1. The first-order chi connectivity index (χ1) is 34.5. The van der Waals surface area contributed by atoms with Crippen molar-refractivity contribution in [2.24, 2.45) is 0 Å². The van der Waals surface area contributed by atoms with E-state index in [2.05, 4.69) is 19.2 Å². The van der Waals surface area contributed by atoms with Crippen LogP contribution in [0.2, 0.25) is 0 Å². The molecule has 0 aromatic rings. The summed E-state index contributed by atoms with van der Waals surface area (Å²) < 4.78 is 5.49. The summed E-state index contributed by atoms with van der Waals surface area (Å²) in [6.45, 7) is 4.99. The second-order valence-corrected chi connectivity index (χ2v) is 22.5. The highest BCUT2D eigenvalue weighted by atomic mass is 16.5. The van der Waals surface area contributed by atoms with Crippen molar-refractivity contribution in [3.05, 3.63) is 0 Å². The molecule has 0 bridgehead atoms. The molecule has 2 atom stereocenters. The lowest BCUT2D eigenvalue weighted by Crippen LogP contribution is -2.45. The van der Waals surface area contributed by atoms with E-state index in [0.29, 0.717) is 25.9 Å². The van der Waals surface area contributed by atoms with Crippen LogP contribution in [0.25, 0.3) is 0 Å². The van der Waals surface area contributed by atoms with Crippen LogP contribution in [0.15, 0.2) is 0 Å². The summed E-state index contributed by atoms with van der Waals surface area (Å²) in [4.78, 5) is 24.6. The van der Waals surface area contributed by atoms with Crippen LogP contribution in [-0.4, -0.2) is 47.4 Å². The molecule has 0 rings (SSSR count). The van der Waals surface area contributed by atoms with Gasteiger partial charge >= 0.3 is 5.97 Å². The van der Waals surface area contributed by atoms with Gasteiger partial charge in [-0.25, -0.2) is 0 Å². The summed E-state index contributed by atoms with van der Waals surface area (Å²) in [6, 6.07) is -0.545. The number of rotatable bonds is 61. The first-order valence-corrected chi connectivity index (χ1v) is 32.3. The molecule has 70 heavy (non-hydrogen) atoms. The fourth-order valence-electron chi connectivity index (χ4n) is 10.5. The minimum absolute atomic E-state index is 0.00979. The van der Waals surface area contributed by atoms with Gasteiger partial charge in [0.25, 0.3) is 0 Å². The average molecular weight is 991 g/mol. The number of hydrogen-bond donors (Lipinski definition) is 3. The predicted molar refractivity (Wildman–Crippen MR) is 306 cm³/mol. The summed E-state index contributed by atoms with van der Waals surface area (Å²) in [5, 5.41) is 23.4. The maximum Gasteiger partial charge on any atom is 0.305 e. The van der Waals surface area contributed by atoms with E-state index < -0.39 is 12.1 Å². The van der Waals surface area contributed by atoms with Crippen LogP contribution in [0.1, 0.15) is 373 Å². The van der Waals surface area contributed by atoms with Crippen molar-refractivity contribution in [3.63, 3.8) is 0 Å². The van der Waals surface area contributed by atoms with Gasteiger partial charge in [0, 0.05) is 12.8 Å². The van der Waals surface area contributed by atoms with E-state index in [4.69, 9.17) is 4.74 Å². The van der Waals surface area contributed by atoms with E-state index in [0.717, 1.165) is 38.5 Å². The molecule has 0 aromatic carbocycles. The van der Waals surface area contributed by atoms with Crippen LogP contribution in [0.4, 0.5) is 0 Å². The zero-order valence-corrected chi connectivity index (χ0v) is 47.8. The quantitative estimate of drug-likeness (QED) is 0.0417. The fourth-order valence-corrected chi connectivity index (χ4v) is 10.5. The van der Waals surface area contributed by atoms with Gasteiger partial charge in [-0.05, 0) is 25.7 Å². The minimum Gasteiger partial charge on any atom is -0.466 e. The Kier molecular flexibility index (Phi) is 59.4. The molecule has 0 saturated heterocycles. The number of unbranched alkanes of at least 4 members (excludes halogenated alkanes) is 50. The highest BCUT2D eigenvalue weighted by Gasteiger charge is 2.20. The van der Waals surface area contributed by atoms with Crippen LogP contribution in [0.3, 0.4) is 0 Å². The van der Waals surface area contributed by atoms with Crippen LogP contribution in [0.5, 0.6) is 0 Å². The molecule has 0 aliphatic heterocycles. The molecule has 3 N–H and O–H groups in total. The maximum atomic E-state index is 12.5. The van der Waals surface area contributed by atoms with Crippen molar-refractivity contribution in [1.82, 2.24) is 5.32 Å². The molecule has 6 heteroatoms. The lowest BCUT2D eigenvalue weighted by Gasteiger charge is -2.22. The van der Waals surface area contributed by atoms with E-state index >= 15 is 0 Å². The van der Waals surface area contributed by atoms with Crippen molar-refractivity contribution >= 4 is 11.9 Å². The van der Waals surface area contributed by atoms with Gasteiger partial charge in [0.15, 0.2) is 0 Å². The summed E-state index contributed by atoms with van der Waals surface area (Å²) >= 11 is 0.